The van der Waals surface area contributed by atoms with Crippen molar-refractivity contribution in [2.45, 2.75) is 44.8 Å². The number of rotatable bonds is 5. The van der Waals surface area contributed by atoms with Crippen LogP contribution in [0.4, 0.5) is 24.8 Å². The maximum atomic E-state index is 14.1. The molecule has 2 N–H and O–H groups in total. The van der Waals surface area contributed by atoms with Crippen molar-refractivity contribution < 1.29 is 17.9 Å². The molecule has 3 aromatic rings. The number of halogens is 4. The van der Waals surface area contributed by atoms with E-state index >= 15 is 0 Å². The Hall–Kier alpha value is -3.11. The van der Waals surface area contributed by atoms with E-state index in [-0.39, 0.29) is 39.7 Å². The Kier molecular flexibility index (Phi) is 7.37. The Labute approximate surface area is 224 Å². The first-order valence-electron chi connectivity index (χ1n) is 12.7. The summed E-state index contributed by atoms with van der Waals surface area (Å²) in [6.07, 6.45) is 3.45. The lowest BCUT2D eigenvalue weighted by Gasteiger charge is -2.24. The lowest BCUT2D eigenvalue weighted by atomic mass is 9.99. The molecular formula is C27H30ClF3N6O. The van der Waals surface area contributed by atoms with Gasteiger partial charge in [0.15, 0.2) is 0 Å². The van der Waals surface area contributed by atoms with E-state index in [1.165, 1.54) is 19.1 Å². The molecule has 0 amide bonds. The molecule has 11 heteroatoms. The Morgan fingerprint density at radius 2 is 1.82 bits per heavy atom. The highest BCUT2D eigenvalue weighted by Crippen LogP contribution is 2.43. The van der Waals surface area contributed by atoms with E-state index in [2.05, 4.69) is 39.0 Å². The Morgan fingerprint density at radius 1 is 1.08 bits per heavy atom. The molecule has 1 aromatic carbocycles. The van der Waals surface area contributed by atoms with Gasteiger partial charge in [0, 0.05) is 30.1 Å². The quantitative estimate of drug-likeness (QED) is 0.400. The summed E-state index contributed by atoms with van der Waals surface area (Å²) in [5, 5.41) is 0.750. The number of benzene rings is 1. The van der Waals surface area contributed by atoms with Gasteiger partial charge < -0.3 is 20.3 Å². The molecule has 2 aromatic heterocycles. The molecule has 0 aliphatic carbocycles. The first kappa shape index (κ1) is 26.5. The van der Waals surface area contributed by atoms with Crippen LogP contribution in [0.15, 0.2) is 30.4 Å². The zero-order valence-corrected chi connectivity index (χ0v) is 22.1. The Balaban J connectivity index is 1.64. The molecule has 1 saturated heterocycles. The molecule has 5 rings (SSSR count). The van der Waals surface area contributed by atoms with Crippen LogP contribution in [0.2, 0.25) is 5.02 Å². The maximum Gasteiger partial charge on any atom is 0.418 e. The van der Waals surface area contributed by atoms with E-state index in [0.29, 0.717) is 23.3 Å². The number of hydrogen-bond acceptors (Lipinski definition) is 7. The number of aromatic nitrogens is 3. The molecule has 2 aliphatic heterocycles. The number of likely N-dealkylation sites (tertiary alicyclic amines) is 1. The van der Waals surface area contributed by atoms with E-state index in [4.69, 9.17) is 27.1 Å². The second-order valence-corrected chi connectivity index (χ2v) is 10.3. The molecule has 0 spiro atoms. The Morgan fingerprint density at radius 3 is 2.47 bits per heavy atom. The van der Waals surface area contributed by atoms with Crippen LogP contribution in [-0.4, -0.2) is 59.2 Å². The minimum Gasteiger partial charge on any atom is -0.462 e. The monoisotopic (exact) mass is 546 g/mol. The number of nitrogen functional groups attached to an aromatic ring is 1. The predicted molar refractivity (Wildman–Crippen MR) is 144 cm³/mol. The third kappa shape index (κ3) is 5.37. The lowest BCUT2D eigenvalue weighted by molar-refractivity contribution is -0.137. The highest BCUT2D eigenvalue weighted by atomic mass is 35.5. The number of nitrogens with two attached hydrogens (primary N) is 1. The van der Waals surface area contributed by atoms with E-state index < -0.39 is 11.7 Å². The molecule has 202 valence electrons. The van der Waals surface area contributed by atoms with Gasteiger partial charge in [0.1, 0.15) is 18.2 Å². The Bertz CT molecular complexity index is 1370. The third-order valence-corrected chi connectivity index (χ3v) is 7.51. The number of fused-ring (bicyclic) bond motifs is 1. The minimum absolute atomic E-state index is 0.0215. The summed E-state index contributed by atoms with van der Waals surface area (Å²) >= 11 is 6.64. The number of alkyl halides is 3. The molecule has 0 saturated carbocycles. The summed E-state index contributed by atoms with van der Waals surface area (Å²) in [5.41, 5.74) is 5.17. The van der Waals surface area contributed by atoms with Crippen molar-refractivity contribution in [3.05, 3.63) is 46.5 Å². The second-order valence-electron chi connectivity index (χ2n) is 9.89. The molecule has 7 nitrogen and oxygen atoms in total. The van der Waals surface area contributed by atoms with Crippen molar-refractivity contribution in [1.82, 2.24) is 19.9 Å². The van der Waals surface area contributed by atoms with Crippen LogP contribution in [0.1, 0.15) is 36.8 Å². The summed E-state index contributed by atoms with van der Waals surface area (Å²) in [5.74, 6) is 0.626. The fraction of sp³-hybridized carbons (Fsp3) is 0.444. The number of pyridine rings is 1. The fourth-order valence-corrected chi connectivity index (χ4v) is 5.48. The molecule has 4 heterocycles. The van der Waals surface area contributed by atoms with Gasteiger partial charge in [-0.3, -0.25) is 0 Å². The molecule has 1 unspecified atom stereocenters. The van der Waals surface area contributed by atoms with E-state index in [1.54, 1.807) is 6.07 Å². The van der Waals surface area contributed by atoms with E-state index in [0.717, 1.165) is 45.3 Å². The van der Waals surface area contributed by atoms with Gasteiger partial charge in [-0.2, -0.15) is 23.1 Å². The van der Waals surface area contributed by atoms with Crippen molar-refractivity contribution in [3.8, 4) is 17.3 Å². The van der Waals surface area contributed by atoms with Gasteiger partial charge in [0.25, 0.3) is 0 Å². The summed E-state index contributed by atoms with van der Waals surface area (Å²) in [4.78, 5) is 17.8. The van der Waals surface area contributed by atoms with Gasteiger partial charge in [-0.15, -0.1) is 0 Å². The second kappa shape index (κ2) is 10.6. The highest BCUT2D eigenvalue weighted by Gasteiger charge is 2.37. The predicted octanol–water partition coefficient (Wildman–Crippen LogP) is 5.88. The lowest BCUT2D eigenvalue weighted by Crippen LogP contribution is -2.31. The molecule has 1 atom stereocenters. The number of aryl methyl sites for hydroxylation is 1. The SMILES string of the molecule is Cc1cc(N)nc(-c2cc3nc(OCC4CCCN4C)nc(N4CCC=CCC4)c3cc2Cl)c1C(F)(F)F. The summed E-state index contributed by atoms with van der Waals surface area (Å²) in [6, 6.07) is 4.81. The summed E-state index contributed by atoms with van der Waals surface area (Å²) in [6.45, 7) is 4.27. The van der Waals surface area contributed by atoms with Crippen LogP contribution in [0.5, 0.6) is 6.01 Å². The van der Waals surface area contributed by atoms with Crippen molar-refractivity contribution >= 4 is 34.1 Å². The van der Waals surface area contributed by atoms with E-state index in [9.17, 15) is 13.2 Å². The number of hydrogen-bond donors (Lipinski definition) is 1. The van der Waals surface area contributed by atoms with Crippen LogP contribution in [-0.2, 0) is 6.18 Å². The van der Waals surface area contributed by atoms with Gasteiger partial charge in [0.05, 0.1) is 21.8 Å². The van der Waals surface area contributed by atoms with Gasteiger partial charge in [0.2, 0.25) is 0 Å². The third-order valence-electron chi connectivity index (χ3n) is 7.19. The largest absolute Gasteiger partial charge is 0.462 e. The number of nitrogens with zero attached hydrogens (tertiary/aromatic N) is 5. The first-order valence-corrected chi connectivity index (χ1v) is 13.1. The zero-order chi connectivity index (χ0) is 27.0. The minimum atomic E-state index is -4.64. The molecule has 0 bridgehead atoms. The molecular weight excluding hydrogens is 517 g/mol. The van der Waals surface area contributed by atoms with Crippen molar-refractivity contribution in [2.75, 3.05) is 43.9 Å². The smallest absolute Gasteiger partial charge is 0.418 e. The number of anilines is 2. The number of likely N-dealkylation sites (N-methyl/N-ethyl adjacent to an activating group) is 1. The molecule has 1 fully saturated rings. The molecule has 0 radical (unpaired) electrons. The standard InChI is InChI=1S/C27H30ClF3N6O/c1-16-12-22(32)34-24(23(16)27(29,30)31)18-14-21-19(13-20(18)28)25(37-10-5-3-4-6-11-37)35-26(33-21)38-15-17-8-7-9-36(17)2/h3-4,12-14,17H,5-11,15H2,1-2H3,(H2,32,34). The van der Waals surface area contributed by atoms with Gasteiger partial charge in [-0.05, 0) is 70.0 Å². The first-order chi connectivity index (χ1) is 18.1. The van der Waals surface area contributed by atoms with Crippen molar-refractivity contribution in [2.24, 2.45) is 0 Å². The summed E-state index contributed by atoms with van der Waals surface area (Å²) in [7, 11) is 2.06. The molecule has 2 aliphatic rings. The fourth-order valence-electron chi connectivity index (χ4n) is 5.23. The van der Waals surface area contributed by atoms with Crippen LogP contribution < -0.4 is 15.4 Å². The van der Waals surface area contributed by atoms with Crippen LogP contribution >= 0.6 is 11.6 Å². The number of ether oxygens (including phenoxy) is 1. The van der Waals surface area contributed by atoms with Crippen molar-refractivity contribution in [1.29, 1.82) is 0 Å². The topological polar surface area (TPSA) is 80.4 Å². The molecule has 38 heavy (non-hydrogen) atoms. The van der Waals surface area contributed by atoms with Crippen LogP contribution in [0.3, 0.4) is 0 Å². The van der Waals surface area contributed by atoms with Gasteiger partial charge >= 0.3 is 12.2 Å². The van der Waals surface area contributed by atoms with E-state index in [1.807, 2.05) is 0 Å². The maximum absolute atomic E-state index is 14.1. The average Bonchev–Trinajstić information content (AvgIpc) is 3.08. The average molecular weight is 547 g/mol. The van der Waals surface area contributed by atoms with Gasteiger partial charge in [-0.25, -0.2) is 4.98 Å². The normalized spacial score (nSPS) is 18.8. The van der Waals surface area contributed by atoms with Crippen LogP contribution in [0, 0.1) is 6.92 Å². The highest BCUT2D eigenvalue weighted by molar-refractivity contribution is 6.34. The van der Waals surface area contributed by atoms with Gasteiger partial charge in [-0.1, -0.05) is 23.8 Å². The van der Waals surface area contributed by atoms with Crippen molar-refractivity contribution in [3.63, 3.8) is 0 Å². The summed E-state index contributed by atoms with van der Waals surface area (Å²) < 4.78 is 48.3. The van der Waals surface area contributed by atoms with Crippen LogP contribution in [0.25, 0.3) is 22.2 Å². The zero-order valence-electron chi connectivity index (χ0n) is 21.4.